The Labute approximate surface area is 178 Å². The highest BCUT2D eigenvalue weighted by Crippen LogP contribution is 2.23. The van der Waals surface area contributed by atoms with Gasteiger partial charge in [0.1, 0.15) is 23.9 Å². The molecule has 2 aromatic rings. The van der Waals surface area contributed by atoms with Gasteiger partial charge >= 0.3 is 0 Å². The highest BCUT2D eigenvalue weighted by atomic mass is 19.1. The molecule has 0 unspecified atom stereocenters. The van der Waals surface area contributed by atoms with Crippen molar-refractivity contribution in [3.63, 3.8) is 0 Å². The fourth-order valence-electron chi connectivity index (χ4n) is 4.65. The largest absolute Gasteiger partial charge is 0.462 e. The second-order valence-electron chi connectivity index (χ2n) is 8.67. The second kappa shape index (κ2) is 10.5. The summed E-state index contributed by atoms with van der Waals surface area (Å²) in [5, 5.41) is 9.27. The van der Waals surface area contributed by atoms with Crippen LogP contribution >= 0.6 is 0 Å². The number of benzene rings is 1. The molecule has 0 radical (unpaired) electrons. The van der Waals surface area contributed by atoms with E-state index in [2.05, 4.69) is 9.80 Å². The Morgan fingerprint density at radius 2 is 1.83 bits per heavy atom. The quantitative estimate of drug-likeness (QED) is 0.674. The lowest BCUT2D eigenvalue weighted by molar-refractivity contribution is 0.0540. The van der Waals surface area contributed by atoms with Crippen molar-refractivity contribution in [1.29, 1.82) is 0 Å². The maximum atomic E-state index is 14.0. The Balaban J connectivity index is 1.30. The number of piperidine rings is 1. The van der Waals surface area contributed by atoms with E-state index in [1.807, 2.05) is 24.3 Å². The van der Waals surface area contributed by atoms with E-state index in [0.29, 0.717) is 24.3 Å². The first-order chi connectivity index (χ1) is 14.7. The van der Waals surface area contributed by atoms with Crippen molar-refractivity contribution >= 4 is 0 Å². The van der Waals surface area contributed by atoms with E-state index in [0.717, 1.165) is 76.3 Å². The average Bonchev–Trinajstić information content (AvgIpc) is 3.43. The van der Waals surface area contributed by atoms with Gasteiger partial charge in [0.25, 0.3) is 0 Å². The molecule has 4 rings (SSSR count). The standard InChI is InChI=1S/C24H33FN2O3/c25-24-6-2-1-4-20(24)15-26-11-9-19(10-12-26)14-27(16-21-5-3-13-29-21)17-22-7-8-23(18-28)30-22/h1-2,4,6-8,19,21,28H,3,5,9-18H2/t21-/m0/s1. The van der Waals surface area contributed by atoms with Crippen molar-refractivity contribution in [2.45, 2.75) is 51.5 Å². The van der Waals surface area contributed by atoms with E-state index in [1.54, 1.807) is 12.1 Å². The molecule has 164 valence electrons. The van der Waals surface area contributed by atoms with Crippen LogP contribution in [0.15, 0.2) is 40.8 Å². The minimum atomic E-state index is -0.108. The van der Waals surface area contributed by atoms with Crippen molar-refractivity contribution in [2.75, 3.05) is 32.8 Å². The molecule has 0 amide bonds. The van der Waals surface area contributed by atoms with Crippen molar-refractivity contribution in [1.82, 2.24) is 9.80 Å². The number of nitrogens with zero attached hydrogens (tertiary/aromatic N) is 2. The number of aliphatic hydroxyl groups excluding tert-OH is 1. The molecule has 3 heterocycles. The number of aliphatic hydroxyl groups is 1. The minimum Gasteiger partial charge on any atom is -0.462 e. The number of hydrogen-bond acceptors (Lipinski definition) is 5. The monoisotopic (exact) mass is 416 g/mol. The smallest absolute Gasteiger partial charge is 0.129 e. The fourth-order valence-corrected chi connectivity index (χ4v) is 4.65. The molecular formula is C24H33FN2O3. The third-order valence-electron chi connectivity index (χ3n) is 6.31. The summed E-state index contributed by atoms with van der Waals surface area (Å²) in [5.41, 5.74) is 0.786. The first-order valence-corrected chi connectivity index (χ1v) is 11.2. The van der Waals surface area contributed by atoms with Crippen molar-refractivity contribution in [3.8, 4) is 0 Å². The minimum absolute atomic E-state index is 0.0633. The normalized spacial score (nSPS) is 21.0. The molecule has 0 saturated carbocycles. The van der Waals surface area contributed by atoms with Gasteiger partial charge in [-0.3, -0.25) is 9.80 Å². The van der Waals surface area contributed by atoms with Crippen molar-refractivity contribution in [3.05, 3.63) is 59.3 Å². The Morgan fingerprint density at radius 3 is 2.53 bits per heavy atom. The molecular weight excluding hydrogens is 383 g/mol. The van der Waals surface area contributed by atoms with Gasteiger partial charge in [0, 0.05) is 31.8 Å². The van der Waals surface area contributed by atoms with E-state index in [-0.39, 0.29) is 12.4 Å². The zero-order valence-corrected chi connectivity index (χ0v) is 17.6. The first kappa shape index (κ1) is 21.5. The Bertz CT molecular complexity index is 782. The Hall–Kier alpha value is -1.73. The number of halogens is 1. The van der Waals surface area contributed by atoms with Crippen LogP contribution in [-0.2, 0) is 24.4 Å². The molecule has 1 aromatic heterocycles. The van der Waals surface area contributed by atoms with Gasteiger partial charge in [-0.15, -0.1) is 0 Å². The molecule has 2 saturated heterocycles. The van der Waals surface area contributed by atoms with Crippen LogP contribution in [0.1, 0.15) is 42.8 Å². The third-order valence-corrected chi connectivity index (χ3v) is 6.31. The summed E-state index contributed by atoms with van der Waals surface area (Å²) in [6.07, 6.45) is 4.81. The van der Waals surface area contributed by atoms with Crippen LogP contribution in [0.3, 0.4) is 0 Å². The number of hydrogen-bond donors (Lipinski definition) is 1. The highest BCUT2D eigenvalue weighted by Gasteiger charge is 2.25. The maximum absolute atomic E-state index is 14.0. The summed E-state index contributed by atoms with van der Waals surface area (Å²) in [5.74, 6) is 2.02. The molecule has 0 aliphatic carbocycles. The summed E-state index contributed by atoms with van der Waals surface area (Å²) in [6.45, 7) is 6.18. The predicted molar refractivity (Wildman–Crippen MR) is 113 cm³/mol. The van der Waals surface area contributed by atoms with Gasteiger partial charge in [-0.25, -0.2) is 4.39 Å². The van der Waals surface area contributed by atoms with Crippen LogP contribution in [0.4, 0.5) is 4.39 Å². The third kappa shape index (κ3) is 5.91. The van der Waals surface area contributed by atoms with Crippen LogP contribution in [0, 0.1) is 11.7 Å². The lowest BCUT2D eigenvalue weighted by Gasteiger charge is -2.35. The van der Waals surface area contributed by atoms with Crippen LogP contribution < -0.4 is 0 Å². The lowest BCUT2D eigenvalue weighted by atomic mass is 9.95. The Morgan fingerprint density at radius 1 is 1.03 bits per heavy atom. The number of furan rings is 1. The molecule has 2 fully saturated rings. The van der Waals surface area contributed by atoms with Gasteiger partial charge in [0.15, 0.2) is 0 Å². The average molecular weight is 417 g/mol. The van der Waals surface area contributed by atoms with Crippen molar-refractivity contribution < 1.29 is 18.7 Å². The van der Waals surface area contributed by atoms with Gasteiger partial charge in [0.05, 0.1) is 12.6 Å². The van der Waals surface area contributed by atoms with Gasteiger partial charge in [-0.1, -0.05) is 18.2 Å². The maximum Gasteiger partial charge on any atom is 0.129 e. The van der Waals surface area contributed by atoms with E-state index < -0.39 is 0 Å². The lowest BCUT2D eigenvalue weighted by Crippen LogP contribution is -2.40. The molecule has 0 spiro atoms. The second-order valence-corrected chi connectivity index (χ2v) is 8.67. The van der Waals surface area contributed by atoms with Gasteiger partial charge in [-0.2, -0.15) is 0 Å². The van der Waals surface area contributed by atoms with Crippen LogP contribution in [0.25, 0.3) is 0 Å². The SMILES string of the molecule is OCc1ccc(CN(CC2CCN(Cc3ccccc3F)CC2)C[C@@H]2CCCO2)o1. The van der Waals surface area contributed by atoms with E-state index in [1.165, 1.54) is 0 Å². The van der Waals surface area contributed by atoms with Crippen LogP contribution in [0.5, 0.6) is 0 Å². The topological polar surface area (TPSA) is 49.1 Å². The fraction of sp³-hybridized carbons (Fsp3) is 0.583. The van der Waals surface area contributed by atoms with E-state index >= 15 is 0 Å². The van der Waals surface area contributed by atoms with Crippen LogP contribution in [-0.4, -0.2) is 53.8 Å². The van der Waals surface area contributed by atoms with Crippen LogP contribution in [0.2, 0.25) is 0 Å². The van der Waals surface area contributed by atoms with Gasteiger partial charge in [0.2, 0.25) is 0 Å². The summed E-state index contributed by atoms with van der Waals surface area (Å²) in [7, 11) is 0. The Kier molecular flexibility index (Phi) is 7.55. The summed E-state index contributed by atoms with van der Waals surface area (Å²) >= 11 is 0. The molecule has 30 heavy (non-hydrogen) atoms. The molecule has 5 nitrogen and oxygen atoms in total. The summed E-state index contributed by atoms with van der Waals surface area (Å²) in [4.78, 5) is 4.81. The van der Waals surface area contributed by atoms with E-state index in [4.69, 9.17) is 9.15 Å². The summed E-state index contributed by atoms with van der Waals surface area (Å²) in [6, 6.07) is 10.9. The van der Waals surface area contributed by atoms with E-state index in [9.17, 15) is 9.50 Å². The van der Waals surface area contributed by atoms with Crippen molar-refractivity contribution in [2.24, 2.45) is 5.92 Å². The first-order valence-electron chi connectivity index (χ1n) is 11.2. The predicted octanol–water partition coefficient (Wildman–Crippen LogP) is 3.80. The molecule has 1 aromatic carbocycles. The molecule has 2 aliphatic rings. The highest BCUT2D eigenvalue weighted by molar-refractivity contribution is 5.17. The molecule has 0 bridgehead atoms. The zero-order chi connectivity index (χ0) is 20.8. The molecule has 2 aliphatic heterocycles. The molecule has 1 N–H and O–H groups in total. The van der Waals surface area contributed by atoms with Gasteiger partial charge < -0.3 is 14.3 Å². The van der Waals surface area contributed by atoms with Gasteiger partial charge in [-0.05, 0) is 62.9 Å². The molecule has 6 heteroatoms. The number of rotatable bonds is 9. The molecule has 1 atom stereocenters. The number of likely N-dealkylation sites (tertiary alicyclic amines) is 1. The zero-order valence-electron chi connectivity index (χ0n) is 17.6. The number of ether oxygens (including phenoxy) is 1. The summed E-state index contributed by atoms with van der Waals surface area (Å²) < 4.78 is 25.6.